The Hall–Kier alpha value is -1.21. The first-order chi connectivity index (χ1) is 9.37. The van der Waals surface area contributed by atoms with Crippen LogP contribution in [0.1, 0.15) is 25.4 Å². The second-order valence-electron chi connectivity index (χ2n) is 4.91. The van der Waals surface area contributed by atoms with Gasteiger partial charge in [-0.05, 0) is 18.5 Å². The molecule has 0 aliphatic carbocycles. The normalized spacial score (nSPS) is 12.1. The van der Waals surface area contributed by atoms with E-state index in [1.54, 1.807) is 12.3 Å². The van der Waals surface area contributed by atoms with Crippen LogP contribution in [0.5, 0.6) is 0 Å². The van der Waals surface area contributed by atoms with Gasteiger partial charge in [0, 0.05) is 19.2 Å². The van der Waals surface area contributed by atoms with E-state index in [0.29, 0.717) is 18.3 Å². The highest BCUT2D eigenvalue weighted by atomic mass is 19.4. The van der Waals surface area contributed by atoms with Gasteiger partial charge in [-0.15, -0.1) is 0 Å². The van der Waals surface area contributed by atoms with Crippen molar-refractivity contribution < 1.29 is 17.9 Å². The zero-order valence-electron chi connectivity index (χ0n) is 11.7. The third-order valence-electron chi connectivity index (χ3n) is 2.36. The van der Waals surface area contributed by atoms with Crippen LogP contribution in [0.2, 0.25) is 0 Å². The smallest absolute Gasteiger partial charge is 0.372 e. The van der Waals surface area contributed by atoms with E-state index in [-0.39, 0.29) is 13.0 Å². The Morgan fingerprint density at radius 1 is 1.35 bits per heavy atom. The molecular formula is C13H20F3N3O. The van der Waals surface area contributed by atoms with Gasteiger partial charge in [0.15, 0.2) is 0 Å². The average molecular weight is 291 g/mol. The fourth-order valence-corrected chi connectivity index (χ4v) is 1.50. The maximum absolute atomic E-state index is 11.9. The van der Waals surface area contributed by atoms with Crippen molar-refractivity contribution >= 4 is 0 Å². The molecule has 7 heteroatoms. The lowest BCUT2D eigenvalue weighted by Crippen LogP contribution is -2.20. The Kier molecular flexibility index (Phi) is 6.87. The Balaban J connectivity index is 2.32. The number of alkyl halides is 3. The van der Waals surface area contributed by atoms with Gasteiger partial charge in [-0.3, -0.25) is 0 Å². The second kappa shape index (κ2) is 8.16. The molecule has 4 nitrogen and oxygen atoms in total. The third kappa shape index (κ3) is 8.06. The molecule has 0 aromatic carbocycles. The molecule has 1 N–H and O–H groups in total. The Bertz CT molecular complexity index is 397. The van der Waals surface area contributed by atoms with Crippen molar-refractivity contribution in [3.8, 4) is 0 Å². The van der Waals surface area contributed by atoms with Crippen LogP contribution in [0.25, 0.3) is 0 Å². The van der Waals surface area contributed by atoms with Crippen LogP contribution in [0, 0.1) is 5.92 Å². The number of ether oxygens (including phenoxy) is 1. The molecule has 0 atom stereocenters. The quantitative estimate of drug-likeness (QED) is 0.747. The largest absolute Gasteiger partial charge is 0.411 e. The molecule has 20 heavy (non-hydrogen) atoms. The highest BCUT2D eigenvalue weighted by Gasteiger charge is 2.27. The molecule has 1 aromatic heterocycles. The van der Waals surface area contributed by atoms with Crippen LogP contribution < -0.4 is 5.32 Å². The van der Waals surface area contributed by atoms with Gasteiger partial charge in [-0.2, -0.15) is 13.2 Å². The monoisotopic (exact) mass is 291 g/mol. The first-order valence-electron chi connectivity index (χ1n) is 6.53. The molecule has 1 rings (SSSR count). The lowest BCUT2D eigenvalue weighted by molar-refractivity contribution is -0.173. The van der Waals surface area contributed by atoms with Gasteiger partial charge in [0.25, 0.3) is 0 Å². The SMILES string of the molecule is CC(C)CNCc1ccnc(CCOCC(F)(F)F)n1. The highest BCUT2D eigenvalue weighted by Crippen LogP contribution is 2.14. The van der Waals surface area contributed by atoms with Crippen LogP contribution in [0.3, 0.4) is 0 Å². The number of nitrogens with one attached hydrogen (secondary N) is 1. The molecule has 0 fully saturated rings. The second-order valence-corrected chi connectivity index (χ2v) is 4.91. The van der Waals surface area contributed by atoms with Crippen molar-refractivity contribution in [2.45, 2.75) is 33.0 Å². The summed E-state index contributed by atoms with van der Waals surface area (Å²) in [5.74, 6) is 1.04. The van der Waals surface area contributed by atoms with E-state index in [4.69, 9.17) is 0 Å². The van der Waals surface area contributed by atoms with E-state index in [2.05, 4.69) is 33.9 Å². The fourth-order valence-electron chi connectivity index (χ4n) is 1.50. The zero-order valence-corrected chi connectivity index (χ0v) is 11.7. The van der Waals surface area contributed by atoms with E-state index in [1.165, 1.54) is 0 Å². The molecule has 0 spiro atoms. The number of hydrogen-bond acceptors (Lipinski definition) is 4. The van der Waals surface area contributed by atoms with Crippen LogP contribution in [-0.2, 0) is 17.7 Å². The summed E-state index contributed by atoms with van der Waals surface area (Å²) in [6.45, 7) is 4.45. The number of aromatic nitrogens is 2. The van der Waals surface area contributed by atoms with E-state index < -0.39 is 12.8 Å². The van der Waals surface area contributed by atoms with E-state index in [0.717, 1.165) is 12.2 Å². The average Bonchev–Trinajstić information content (AvgIpc) is 2.34. The molecular weight excluding hydrogens is 271 g/mol. The summed E-state index contributed by atoms with van der Waals surface area (Å²) < 4.78 is 40.2. The van der Waals surface area contributed by atoms with Crippen molar-refractivity contribution in [1.29, 1.82) is 0 Å². The molecule has 1 aromatic rings. The van der Waals surface area contributed by atoms with Crippen LogP contribution in [0.4, 0.5) is 13.2 Å². The first-order valence-corrected chi connectivity index (χ1v) is 6.53. The Labute approximate surface area is 116 Å². The topological polar surface area (TPSA) is 47.0 Å². The van der Waals surface area contributed by atoms with Gasteiger partial charge in [-0.1, -0.05) is 13.8 Å². The van der Waals surface area contributed by atoms with Gasteiger partial charge in [0.1, 0.15) is 12.4 Å². The van der Waals surface area contributed by atoms with Gasteiger partial charge >= 0.3 is 6.18 Å². The van der Waals surface area contributed by atoms with Crippen LogP contribution >= 0.6 is 0 Å². The van der Waals surface area contributed by atoms with Crippen molar-refractivity contribution in [3.05, 3.63) is 23.8 Å². The molecule has 0 unspecified atom stereocenters. The molecule has 1 heterocycles. The number of hydrogen-bond donors (Lipinski definition) is 1. The molecule has 0 aliphatic rings. The van der Waals surface area contributed by atoms with Gasteiger partial charge in [0.05, 0.1) is 12.3 Å². The van der Waals surface area contributed by atoms with Crippen LogP contribution in [-0.4, -0.2) is 35.9 Å². The summed E-state index contributed by atoms with van der Waals surface area (Å²) in [6, 6.07) is 1.79. The van der Waals surface area contributed by atoms with Gasteiger partial charge in [0.2, 0.25) is 0 Å². The Morgan fingerprint density at radius 3 is 2.75 bits per heavy atom. The molecule has 0 amide bonds. The predicted octanol–water partition coefficient (Wildman–Crippen LogP) is 2.34. The van der Waals surface area contributed by atoms with E-state index in [1.807, 2.05) is 0 Å². The number of rotatable bonds is 8. The summed E-state index contributed by atoms with van der Waals surface area (Å²) in [4.78, 5) is 8.29. The maximum Gasteiger partial charge on any atom is 0.411 e. The zero-order chi connectivity index (χ0) is 15.0. The predicted molar refractivity (Wildman–Crippen MR) is 69.2 cm³/mol. The highest BCUT2D eigenvalue weighted by molar-refractivity contribution is 5.02. The van der Waals surface area contributed by atoms with Crippen molar-refractivity contribution in [2.24, 2.45) is 5.92 Å². The van der Waals surface area contributed by atoms with Crippen molar-refractivity contribution in [2.75, 3.05) is 19.8 Å². The summed E-state index contributed by atoms with van der Waals surface area (Å²) in [6.07, 6.45) is -2.41. The molecule has 0 bridgehead atoms. The Morgan fingerprint density at radius 2 is 2.10 bits per heavy atom. The van der Waals surface area contributed by atoms with Gasteiger partial charge in [-0.25, -0.2) is 9.97 Å². The molecule has 0 saturated heterocycles. The summed E-state index contributed by atoms with van der Waals surface area (Å²) in [5.41, 5.74) is 0.825. The number of nitrogens with zero attached hydrogens (tertiary/aromatic N) is 2. The van der Waals surface area contributed by atoms with Crippen LogP contribution in [0.15, 0.2) is 12.3 Å². The van der Waals surface area contributed by atoms with Crippen molar-refractivity contribution in [1.82, 2.24) is 15.3 Å². The van der Waals surface area contributed by atoms with Crippen molar-refractivity contribution in [3.63, 3.8) is 0 Å². The summed E-state index contributed by atoms with van der Waals surface area (Å²) >= 11 is 0. The fraction of sp³-hybridized carbons (Fsp3) is 0.692. The standard InChI is InChI=1S/C13H20F3N3O/c1-10(2)7-17-8-11-3-5-18-12(19-11)4-6-20-9-13(14,15)16/h3,5,10,17H,4,6-9H2,1-2H3. The minimum absolute atomic E-state index is 0.0393. The molecule has 114 valence electrons. The minimum Gasteiger partial charge on any atom is -0.372 e. The molecule has 0 aliphatic heterocycles. The lowest BCUT2D eigenvalue weighted by atomic mass is 10.2. The van der Waals surface area contributed by atoms with Gasteiger partial charge < -0.3 is 10.1 Å². The molecule has 0 radical (unpaired) electrons. The maximum atomic E-state index is 11.9. The minimum atomic E-state index is -4.29. The van der Waals surface area contributed by atoms with E-state index in [9.17, 15) is 13.2 Å². The third-order valence-corrected chi connectivity index (χ3v) is 2.36. The summed E-state index contributed by atoms with van der Waals surface area (Å²) in [5, 5.41) is 3.25. The first kappa shape index (κ1) is 16.8. The number of halogens is 3. The van der Waals surface area contributed by atoms with E-state index >= 15 is 0 Å². The summed E-state index contributed by atoms with van der Waals surface area (Å²) in [7, 11) is 0. The molecule has 0 saturated carbocycles. The lowest BCUT2D eigenvalue weighted by Gasteiger charge is -2.09.